The number of hydrogen-bond acceptors (Lipinski definition) is 3. The lowest BCUT2D eigenvalue weighted by Gasteiger charge is -2.72. The number of nitrogens with one attached hydrogen (secondary N) is 1. The molecule has 0 unspecified atom stereocenters. The van der Waals surface area contributed by atoms with Crippen LogP contribution in [0.15, 0.2) is 36.4 Å². The van der Waals surface area contributed by atoms with Gasteiger partial charge < -0.3 is 15.3 Å². The van der Waals surface area contributed by atoms with Crippen molar-refractivity contribution in [1.82, 2.24) is 10.2 Å². The molecule has 1 aromatic rings. The third-order valence-electron chi connectivity index (χ3n) is 15.5. The number of allylic oxidation sites excluding steroid dienone is 3. The minimum Gasteiger partial charge on any atom is -0.478 e. The number of rotatable bonds is 7. The summed E-state index contributed by atoms with van der Waals surface area (Å²) in [5, 5.41) is 12.8. The number of carbonyl (C=O) groups excluding carboxylic acids is 1. The Balaban J connectivity index is 1.33. The molecule has 9 atom stereocenters. The lowest BCUT2D eigenvalue weighted by atomic mass is 9.32. The van der Waals surface area contributed by atoms with Crippen LogP contribution in [0.5, 0.6) is 0 Å². The second-order valence-electron chi connectivity index (χ2n) is 17.9. The van der Waals surface area contributed by atoms with E-state index in [2.05, 4.69) is 78.5 Å². The summed E-state index contributed by atoms with van der Waals surface area (Å²) in [6, 6.07) is 4.65. The molecule has 258 valence electrons. The largest absolute Gasteiger partial charge is 0.478 e. The summed E-state index contributed by atoms with van der Waals surface area (Å²) in [7, 11) is 4.12. The van der Waals surface area contributed by atoms with Crippen molar-refractivity contribution in [2.24, 2.45) is 56.7 Å². The van der Waals surface area contributed by atoms with Gasteiger partial charge in [0.2, 0.25) is 5.91 Å². The Morgan fingerprint density at radius 2 is 1.70 bits per heavy atom. The molecule has 2 N–H and O–H groups in total. The number of carbonyl (C=O) groups is 2. The lowest BCUT2D eigenvalue weighted by Crippen LogP contribution is -2.66. The van der Waals surface area contributed by atoms with Gasteiger partial charge in [-0.3, -0.25) is 4.79 Å². The zero-order chi connectivity index (χ0) is 34.3. The summed E-state index contributed by atoms with van der Waals surface area (Å²) >= 11 is 0. The highest BCUT2D eigenvalue weighted by atomic mass is 19.1. The maximum absolute atomic E-state index is 14.9. The van der Waals surface area contributed by atoms with E-state index in [1.165, 1.54) is 37.0 Å². The molecule has 0 aromatic heterocycles. The van der Waals surface area contributed by atoms with Crippen LogP contribution in [0.3, 0.4) is 0 Å². The Morgan fingerprint density at radius 1 is 0.979 bits per heavy atom. The predicted octanol–water partition coefficient (Wildman–Crippen LogP) is 8.85. The third-order valence-corrected chi connectivity index (χ3v) is 15.5. The molecule has 4 fully saturated rings. The molecule has 0 aliphatic heterocycles. The van der Waals surface area contributed by atoms with Crippen LogP contribution < -0.4 is 5.32 Å². The summed E-state index contributed by atoms with van der Waals surface area (Å²) in [5.74, 6) is 0.642. The van der Waals surface area contributed by atoms with E-state index in [0.29, 0.717) is 36.1 Å². The highest BCUT2D eigenvalue weighted by Crippen LogP contribution is 2.77. The van der Waals surface area contributed by atoms with E-state index in [4.69, 9.17) is 0 Å². The number of hydrogen-bond donors (Lipinski definition) is 2. The van der Waals surface area contributed by atoms with Gasteiger partial charge in [0.15, 0.2) is 0 Å². The van der Waals surface area contributed by atoms with Crippen LogP contribution in [-0.2, 0) is 4.79 Å². The SMILES string of the molecule is C=C(C)[C@@H]1CC[C@]2(C(=O)NCCN(C)C)CC[C@]3(C)[C@H](CC[C@@H]4[C@@]5(C)CC=C(c6ccc(C(=O)O)c(F)c6)C(C)(C)[C@@H]5CC[C@]43C)[C@@H]12. The summed E-state index contributed by atoms with van der Waals surface area (Å²) in [6.45, 7) is 20.7. The highest BCUT2D eigenvalue weighted by molar-refractivity contribution is 5.88. The molecular formula is C41H59FN2O3. The number of aromatic carboxylic acids is 1. The molecule has 5 aliphatic rings. The number of nitrogens with zero attached hydrogens (tertiary/aromatic N) is 1. The first kappa shape index (κ1) is 34.4. The summed E-state index contributed by atoms with van der Waals surface area (Å²) in [4.78, 5) is 27.8. The van der Waals surface area contributed by atoms with Crippen molar-refractivity contribution in [3.8, 4) is 0 Å². The molecule has 6 rings (SSSR count). The molecule has 0 saturated heterocycles. The van der Waals surface area contributed by atoms with E-state index in [9.17, 15) is 19.1 Å². The van der Waals surface area contributed by atoms with Crippen LogP contribution in [0, 0.1) is 62.5 Å². The first-order valence-electron chi connectivity index (χ1n) is 18.3. The number of carboxylic acids is 1. The van der Waals surface area contributed by atoms with Gasteiger partial charge in [-0.1, -0.05) is 58.9 Å². The minimum atomic E-state index is -1.23. The molecule has 5 aliphatic carbocycles. The zero-order valence-corrected chi connectivity index (χ0v) is 30.3. The van der Waals surface area contributed by atoms with Gasteiger partial charge in [0.05, 0.1) is 11.0 Å². The average molecular weight is 647 g/mol. The molecule has 5 nitrogen and oxygen atoms in total. The summed E-state index contributed by atoms with van der Waals surface area (Å²) in [5.41, 5.74) is 2.88. The zero-order valence-electron chi connectivity index (χ0n) is 30.3. The highest BCUT2D eigenvalue weighted by Gasteiger charge is 2.71. The van der Waals surface area contributed by atoms with Crippen LogP contribution in [-0.4, -0.2) is 49.1 Å². The van der Waals surface area contributed by atoms with Crippen molar-refractivity contribution in [2.75, 3.05) is 27.2 Å². The molecule has 4 saturated carbocycles. The smallest absolute Gasteiger partial charge is 0.338 e. The van der Waals surface area contributed by atoms with Gasteiger partial charge in [-0.05, 0) is 153 Å². The first-order chi connectivity index (χ1) is 21.9. The van der Waals surface area contributed by atoms with Crippen molar-refractivity contribution in [3.05, 3.63) is 53.4 Å². The minimum absolute atomic E-state index is 0.106. The predicted molar refractivity (Wildman–Crippen MR) is 187 cm³/mol. The van der Waals surface area contributed by atoms with Crippen molar-refractivity contribution in [1.29, 1.82) is 0 Å². The molecule has 47 heavy (non-hydrogen) atoms. The Bertz CT molecular complexity index is 1500. The van der Waals surface area contributed by atoms with E-state index in [0.717, 1.165) is 56.2 Å². The molecule has 6 heteroatoms. The van der Waals surface area contributed by atoms with Gasteiger partial charge in [0.1, 0.15) is 5.82 Å². The normalized spacial score (nSPS) is 40.4. The Kier molecular flexibility index (Phi) is 8.46. The monoisotopic (exact) mass is 646 g/mol. The Morgan fingerprint density at radius 3 is 2.34 bits per heavy atom. The first-order valence-corrected chi connectivity index (χ1v) is 18.3. The van der Waals surface area contributed by atoms with Crippen LogP contribution in [0.2, 0.25) is 0 Å². The van der Waals surface area contributed by atoms with E-state index in [1.807, 2.05) is 0 Å². The van der Waals surface area contributed by atoms with Gasteiger partial charge in [0.25, 0.3) is 0 Å². The van der Waals surface area contributed by atoms with E-state index in [1.54, 1.807) is 6.07 Å². The van der Waals surface area contributed by atoms with Gasteiger partial charge in [-0.15, -0.1) is 0 Å². The van der Waals surface area contributed by atoms with Gasteiger partial charge in [0, 0.05) is 13.1 Å². The van der Waals surface area contributed by atoms with Crippen LogP contribution in [0.4, 0.5) is 4.39 Å². The van der Waals surface area contributed by atoms with Crippen LogP contribution in [0.25, 0.3) is 5.57 Å². The Hall–Kier alpha value is -2.47. The average Bonchev–Trinajstić information content (AvgIpc) is 3.38. The molecule has 1 amide bonds. The van der Waals surface area contributed by atoms with Crippen molar-refractivity contribution < 1.29 is 19.1 Å². The quantitative estimate of drug-likeness (QED) is 0.291. The number of fused-ring (bicyclic) bond motifs is 7. The summed E-state index contributed by atoms with van der Waals surface area (Å²) in [6.07, 6.45) is 12.1. The maximum Gasteiger partial charge on any atom is 0.338 e. The second kappa shape index (κ2) is 11.6. The standard InChI is InChI=1S/C41H59FN2O3/c1-25(2)27-14-19-41(36(47)43-22-23-44(8)9)21-20-39(6)30(34(27)41)12-13-33-38(5)17-15-29(26-10-11-28(35(45)46)31(42)24-26)37(3,4)32(38)16-18-40(33,39)7/h10-11,15,24,27,30,32-34H,1,12-14,16-23H2,2-9H3,(H,43,47)(H,45,46)/t27-,30+,32-,33+,34+,38-,39+,40+,41-/m0/s1. The molecule has 0 bridgehead atoms. The van der Waals surface area contributed by atoms with Crippen molar-refractivity contribution >= 4 is 17.4 Å². The fourth-order valence-corrected chi connectivity index (χ4v) is 13.1. The van der Waals surface area contributed by atoms with E-state index < -0.39 is 11.8 Å². The van der Waals surface area contributed by atoms with E-state index in [-0.39, 0.29) is 38.5 Å². The lowest BCUT2D eigenvalue weighted by molar-refractivity contribution is -0.225. The molecule has 0 spiro atoms. The van der Waals surface area contributed by atoms with Gasteiger partial charge >= 0.3 is 5.97 Å². The fraction of sp³-hybridized carbons (Fsp3) is 0.707. The maximum atomic E-state index is 14.9. The molecular weight excluding hydrogens is 587 g/mol. The molecule has 1 aromatic carbocycles. The number of carboxylic acid groups (broad SMARTS) is 1. The van der Waals surface area contributed by atoms with Crippen molar-refractivity contribution in [3.63, 3.8) is 0 Å². The van der Waals surface area contributed by atoms with Gasteiger partial charge in [-0.2, -0.15) is 0 Å². The second-order valence-corrected chi connectivity index (χ2v) is 17.9. The topological polar surface area (TPSA) is 69.6 Å². The van der Waals surface area contributed by atoms with E-state index >= 15 is 0 Å². The Labute approximate surface area is 282 Å². The summed E-state index contributed by atoms with van der Waals surface area (Å²) < 4.78 is 14.9. The number of likely N-dealkylation sites (N-methyl/N-ethyl adjacent to an activating group) is 1. The number of halogens is 1. The third kappa shape index (κ3) is 4.92. The van der Waals surface area contributed by atoms with Gasteiger partial charge in [-0.25, -0.2) is 9.18 Å². The fourth-order valence-electron chi connectivity index (χ4n) is 13.1. The van der Waals surface area contributed by atoms with Crippen LogP contribution >= 0.6 is 0 Å². The van der Waals surface area contributed by atoms with Crippen LogP contribution in [0.1, 0.15) is 115 Å². The molecule has 0 heterocycles. The van der Waals surface area contributed by atoms with Crippen molar-refractivity contribution in [2.45, 2.75) is 99.3 Å². The number of amides is 1. The molecule has 0 radical (unpaired) electrons. The number of benzene rings is 1.